The van der Waals surface area contributed by atoms with Crippen LogP contribution in [0.25, 0.3) is 6.08 Å². The van der Waals surface area contributed by atoms with E-state index in [1.165, 1.54) is 17.8 Å². The minimum absolute atomic E-state index is 0.160. The van der Waals surface area contributed by atoms with Crippen LogP contribution >= 0.6 is 0 Å². The lowest BCUT2D eigenvalue weighted by atomic mass is 9.85. The van der Waals surface area contributed by atoms with E-state index in [0.717, 1.165) is 25.1 Å². The number of likely N-dealkylation sites (tertiary alicyclic amines) is 1. The maximum atomic E-state index is 12.4. The van der Waals surface area contributed by atoms with Gasteiger partial charge in [0.2, 0.25) is 5.91 Å². The SMILES string of the molecule is CNC(=O)c1cncc(/C=C/C(=O)NCC2CCCN(C)C2c2ccc(OC)cc2)c1. The summed E-state index contributed by atoms with van der Waals surface area (Å²) < 4.78 is 5.27. The molecule has 1 aliphatic heterocycles. The molecule has 1 saturated heterocycles. The number of hydrogen-bond acceptors (Lipinski definition) is 5. The monoisotopic (exact) mass is 422 g/mol. The zero-order valence-corrected chi connectivity index (χ0v) is 18.3. The Hall–Kier alpha value is -3.19. The molecule has 1 aromatic heterocycles. The van der Waals surface area contributed by atoms with E-state index >= 15 is 0 Å². The molecular weight excluding hydrogens is 392 g/mol. The van der Waals surface area contributed by atoms with Crippen molar-refractivity contribution in [1.29, 1.82) is 0 Å². The van der Waals surface area contributed by atoms with Crippen LogP contribution in [0.2, 0.25) is 0 Å². The van der Waals surface area contributed by atoms with Crippen LogP contribution in [-0.4, -0.2) is 56.0 Å². The normalized spacial score (nSPS) is 19.2. The van der Waals surface area contributed by atoms with E-state index in [1.54, 1.807) is 32.5 Å². The Labute approximate surface area is 183 Å². The molecule has 7 heteroatoms. The number of nitrogens with zero attached hydrogens (tertiary/aromatic N) is 2. The second kappa shape index (κ2) is 10.7. The van der Waals surface area contributed by atoms with Gasteiger partial charge >= 0.3 is 0 Å². The summed E-state index contributed by atoms with van der Waals surface area (Å²) in [5.41, 5.74) is 2.39. The molecule has 2 amide bonds. The highest BCUT2D eigenvalue weighted by atomic mass is 16.5. The van der Waals surface area contributed by atoms with Crippen LogP contribution < -0.4 is 15.4 Å². The first-order valence-electron chi connectivity index (χ1n) is 10.5. The lowest BCUT2D eigenvalue weighted by Crippen LogP contribution is -2.41. The number of methoxy groups -OCH3 is 1. The van der Waals surface area contributed by atoms with Gasteiger partial charge in [0.15, 0.2) is 0 Å². The maximum Gasteiger partial charge on any atom is 0.252 e. The van der Waals surface area contributed by atoms with Crippen molar-refractivity contribution in [3.63, 3.8) is 0 Å². The Bertz CT molecular complexity index is 927. The third-order valence-corrected chi connectivity index (χ3v) is 5.68. The lowest BCUT2D eigenvalue weighted by molar-refractivity contribution is -0.116. The standard InChI is InChI=1S/C24H30N4O3/c1-25-24(30)20-13-17(14-26-15-20)6-11-22(29)27-16-19-5-4-12-28(2)23(19)18-7-9-21(31-3)10-8-18/h6-11,13-15,19,23H,4-5,12,16H2,1-3H3,(H,25,30)(H,27,29)/b11-6+. The largest absolute Gasteiger partial charge is 0.497 e. The number of nitrogens with one attached hydrogen (secondary N) is 2. The highest BCUT2D eigenvalue weighted by molar-refractivity contribution is 5.95. The molecule has 2 heterocycles. The van der Waals surface area contributed by atoms with Crippen LogP contribution in [0.15, 0.2) is 48.8 Å². The van der Waals surface area contributed by atoms with Gasteiger partial charge in [-0.15, -0.1) is 0 Å². The fourth-order valence-corrected chi connectivity index (χ4v) is 4.08. The van der Waals surface area contributed by atoms with Crippen molar-refractivity contribution in [3.05, 3.63) is 65.5 Å². The summed E-state index contributed by atoms with van der Waals surface area (Å²) in [6.45, 7) is 1.64. The molecule has 0 radical (unpaired) electrons. The number of hydrogen-bond donors (Lipinski definition) is 2. The van der Waals surface area contributed by atoms with Crippen LogP contribution in [0.5, 0.6) is 5.75 Å². The molecular formula is C24H30N4O3. The molecule has 164 valence electrons. The zero-order chi connectivity index (χ0) is 22.2. The molecule has 0 spiro atoms. The van der Waals surface area contributed by atoms with Gasteiger partial charge in [-0.1, -0.05) is 12.1 Å². The van der Waals surface area contributed by atoms with Gasteiger partial charge < -0.3 is 15.4 Å². The molecule has 2 aromatic rings. The number of piperidine rings is 1. The molecule has 2 N–H and O–H groups in total. The average molecular weight is 423 g/mol. The topological polar surface area (TPSA) is 83.6 Å². The van der Waals surface area contributed by atoms with Gasteiger partial charge in [-0.3, -0.25) is 19.5 Å². The minimum Gasteiger partial charge on any atom is -0.497 e. The van der Waals surface area contributed by atoms with E-state index in [4.69, 9.17) is 4.74 Å². The fourth-order valence-electron chi connectivity index (χ4n) is 4.08. The molecule has 1 aliphatic rings. The molecule has 2 unspecified atom stereocenters. The second-order valence-electron chi connectivity index (χ2n) is 7.77. The highest BCUT2D eigenvalue weighted by Crippen LogP contribution is 2.35. The summed E-state index contributed by atoms with van der Waals surface area (Å²) in [5, 5.41) is 5.60. The Morgan fingerprint density at radius 3 is 2.74 bits per heavy atom. The number of carbonyl (C=O) groups excluding carboxylic acids is 2. The number of amides is 2. The first-order chi connectivity index (χ1) is 15.0. The van der Waals surface area contributed by atoms with Crippen LogP contribution in [0, 0.1) is 5.92 Å². The third-order valence-electron chi connectivity index (χ3n) is 5.68. The van der Waals surface area contributed by atoms with Crippen LogP contribution in [0.4, 0.5) is 0 Å². The van der Waals surface area contributed by atoms with Crippen molar-refractivity contribution in [3.8, 4) is 5.75 Å². The number of carbonyl (C=O) groups is 2. The summed E-state index contributed by atoms with van der Waals surface area (Å²) >= 11 is 0. The van der Waals surface area contributed by atoms with E-state index in [0.29, 0.717) is 23.6 Å². The Morgan fingerprint density at radius 2 is 2.03 bits per heavy atom. The predicted molar refractivity (Wildman–Crippen MR) is 121 cm³/mol. The van der Waals surface area contributed by atoms with Crippen LogP contribution in [-0.2, 0) is 4.79 Å². The fraction of sp³-hybridized carbons (Fsp3) is 0.375. The first kappa shape index (κ1) is 22.5. The summed E-state index contributed by atoms with van der Waals surface area (Å²) in [5.74, 6) is 0.792. The Kier molecular flexibility index (Phi) is 7.78. The van der Waals surface area contributed by atoms with Crippen molar-refractivity contribution < 1.29 is 14.3 Å². The summed E-state index contributed by atoms with van der Waals surface area (Å²) in [6, 6.07) is 10.1. The van der Waals surface area contributed by atoms with Crippen molar-refractivity contribution in [2.24, 2.45) is 5.92 Å². The molecule has 2 atom stereocenters. The van der Waals surface area contributed by atoms with Crippen molar-refractivity contribution >= 4 is 17.9 Å². The van der Waals surface area contributed by atoms with E-state index in [2.05, 4.69) is 39.7 Å². The molecule has 3 rings (SSSR count). The van der Waals surface area contributed by atoms with Gasteiger partial charge in [0.25, 0.3) is 5.91 Å². The molecule has 1 fully saturated rings. The summed E-state index contributed by atoms with van der Waals surface area (Å²) in [7, 11) is 5.37. The summed E-state index contributed by atoms with van der Waals surface area (Å²) in [6.07, 6.45) is 8.43. The second-order valence-corrected chi connectivity index (χ2v) is 7.77. The molecule has 0 aliphatic carbocycles. The van der Waals surface area contributed by atoms with Crippen molar-refractivity contribution in [1.82, 2.24) is 20.5 Å². The van der Waals surface area contributed by atoms with Crippen LogP contribution in [0.1, 0.15) is 40.4 Å². The number of aromatic nitrogens is 1. The number of ether oxygens (including phenoxy) is 1. The summed E-state index contributed by atoms with van der Waals surface area (Å²) in [4.78, 5) is 30.6. The van der Waals surface area contributed by atoms with Gasteiger partial charge in [0.1, 0.15) is 5.75 Å². The molecule has 0 saturated carbocycles. The van der Waals surface area contributed by atoms with E-state index in [9.17, 15) is 9.59 Å². The molecule has 31 heavy (non-hydrogen) atoms. The van der Waals surface area contributed by atoms with Gasteiger partial charge in [-0.25, -0.2) is 0 Å². The van der Waals surface area contributed by atoms with E-state index < -0.39 is 0 Å². The number of rotatable bonds is 7. The molecule has 1 aromatic carbocycles. The van der Waals surface area contributed by atoms with E-state index in [-0.39, 0.29) is 17.9 Å². The van der Waals surface area contributed by atoms with Gasteiger partial charge in [-0.05, 0) is 67.8 Å². The van der Waals surface area contributed by atoms with Gasteiger partial charge in [-0.2, -0.15) is 0 Å². The lowest BCUT2D eigenvalue weighted by Gasteiger charge is -2.39. The Morgan fingerprint density at radius 1 is 1.26 bits per heavy atom. The van der Waals surface area contributed by atoms with Crippen LogP contribution in [0.3, 0.4) is 0 Å². The number of benzene rings is 1. The first-order valence-corrected chi connectivity index (χ1v) is 10.5. The van der Waals surface area contributed by atoms with Crippen molar-refractivity contribution in [2.75, 3.05) is 34.3 Å². The third kappa shape index (κ3) is 5.92. The van der Waals surface area contributed by atoms with E-state index in [1.807, 2.05) is 12.1 Å². The molecule has 7 nitrogen and oxygen atoms in total. The maximum absolute atomic E-state index is 12.4. The molecule has 0 bridgehead atoms. The average Bonchev–Trinajstić information content (AvgIpc) is 2.81. The highest BCUT2D eigenvalue weighted by Gasteiger charge is 2.30. The number of pyridine rings is 1. The van der Waals surface area contributed by atoms with Crippen molar-refractivity contribution in [2.45, 2.75) is 18.9 Å². The minimum atomic E-state index is -0.210. The zero-order valence-electron chi connectivity index (χ0n) is 18.3. The smallest absolute Gasteiger partial charge is 0.252 e. The van der Waals surface area contributed by atoms with Gasteiger partial charge in [0.05, 0.1) is 12.7 Å². The van der Waals surface area contributed by atoms with Gasteiger partial charge in [0, 0.05) is 38.1 Å². The quantitative estimate of drug-likeness (QED) is 0.671. The predicted octanol–water partition coefficient (Wildman–Crippen LogP) is 2.66. The Balaban J connectivity index is 1.62.